The van der Waals surface area contributed by atoms with Crippen LogP contribution in [0.1, 0.15) is 16.8 Å². The lowest BCUT2D eigenvalue weighted by Gasteiger charge is -2.13. The Hall–Kier alpha value is -2.83. The number of nitro groups is 1. The summed E-state index contributed by atoms with van der Waals surface area (Å²) in [6, 6.07) is 4.45. The zero-order valence-corrected chi connectivity index (χ0v) is 13.5. The van der Waals surface area contributed by atoms with Crippen molar-refractivity contribution >= 4 is 5.69 Å². The Morgan fingerprint density at radius 2 is 1.96 bits per heavy atom. The summed E-state index contributed by atoms with van der Waals surface area (Å²) in [5.74, 6) is 1.30. The van der Waals surface area contributed by atoms with Crippen LogP contribution in [0.4, 0.5) is 5.69 Å². The molecule has 122 valence electrons. The fourth-order valence-electron chi connectivity index (χ4n) is 2.25. The smallest absolute Gasteiger partial charge is 0.314 e. The van der Waals surface area contributed by atoms with E-state index < -0.39 is 4.92 Å². The average molecular weight is 318 g/mol. The van der Waals surface area contributed by atoms with Gasteiger partial charge in [0.05, 0.1) is 30.9 Å². The fourth-order valence-corrected chi connectivity index (χ4v) is 2.25. The van der Waals surface area contributed by atoms with Crippen molar-refractivity contribution in [2.75, 3.05) is 14.2 Å². The average Bonchev–Trinajstić information content (AvgIpc) is 2.54. The molecule has 7 nitrogen and oxygen atoms in total. The number of nitrogens with zero attached hydrogens (tertiary/aromatic N) is 2. The van der Waals surface area contributed by atoms with E-state index in [0.29, 0.717) is 11.4 Å². The number of benzene rings is 1. The number of ether oxygens (including phenoxy) is 3. The first kappa shape index (κ1) is 16.5. The molecule has 1 heterocycles. The van der Waals surface area contributed by atoms with Crippen molar-refractivity contribution in [3.63, 3.8) is 0 Å². The molecule has 0 radical (unpaired) electrons. The Morgan fingerprint density at radius 1 is 1.22 bits per heavy atom. The summed E-state index contributed by atoms with van der Waals surface area (Å²) < 4.78 is 15.9. The van der Waals surface area contributed by atoms with Crippen LogP contribution >= 0.6 is 0 Å². The molecule has 1 aromatic heterocycles. The van der Waals surface area contributed by atoms with Crippen molar-refractivity contribution < 1.29 is 19.1 Å². The number of methoxy groups -OCH3 is 2. The SMILES string of the molecule is COc1ccc(OCc2ncc(C)c(OC)c2C)c([N+](=O)[O-])c1. The molecule has 0 amide bonds. The van der Waals surface area contributed by atoms with Crippen molar-refractivity contribution in [3.05, 3.63) is 51.3 Å². The molecular weight excluding hydrogens is 300 g/mol. The molecule has 0 unspecified atom stereocenters. The number of pyridine rings is 1. The van der Waals surface area contributed by atoms with Gasteiger partial charge in [0.2, 0.25) is 0 Å². The maximum Gasteiger partial charge on any atom is 0.314 e. The van der Waals surface area contributed by atoms with Gasteiger partial charge in [-0.25, -0.2) is 0 Å². The molecule has 1 aromatic carbocycles. The zero-order chi connectivity index (χ0) is 17.0. The van der Waals surface area contributed by atoms with Crippen LogP contribution in [0.25, 0.3) is 0 Å². The van der Waals surface area contributed by atoms with Gasteiger partial charge in [0.1, 0.15) is 18.1 Å². The maximum absolute atomic E-state index is 11.1. The highest BCUT2D eigenvalue weighted by Gasteiger charge is 2.18. The lowest BCUT2D eigenvalue weighted by molar-refractivity contribution is -0.386. The summed E-state index contributed by atoms with van der Waals surface area (Å²) >= 11 is 0. The van der Waals surface area contributed by atoms with E-state index in [1.807, 2.05) is 13.8 Å². The number of aryl methyl sites for hydroxylation is 1. The van der Waals surface area contributed by atoms with E-state index in [1.54, 1.807) is 19.4 Å². The second-order valence-electron chi connectivity index (χ2n) is 4.93. The molecule has 0 spiro atoms. The first-order valence-electron chi connectivity index (χ1n) is 6.92. The van der Waals surface area contributed by atoms with Gasteiger partial charge >= 0.3 is 5.69 Å². The number of hydrogen-bond donors (Lipinski definition) is 0. The lowest BCUT2D eigenvalue weighted by Crippen LogP contribution is -2.05. The normalized spacial score (nSPS) is 10.3. The molecule has 0 aliphatic heterocycles. The number of nitro benzene ring substituents is 1. The lowest BCUT2D eigenvalue weighted by atomic mass is 10.1. The predicted octanol–water partition coefficient (Wildman–Crippen LogP) is 3.20. The van der Waals surface area contributed by atoms with Crippen LogP contribution in [0.5, 0.6) is 17.2 Å². The predicted molar refractivity (Wildman–Crippen MR) is 84.2 cm³/mol. The van der Waals surface area contributed by atoms with Crippen molar-refractivity contribution in [1.82, 2.24) is 4.98 Å². The Kier molecular flexibility index (Phi) is 5.00. The molecule has 2 rings (SSSR count). The Bertz CT molecular complexity index is 731. The molecule has 0 atom stereocenters. The van der Waals surface area contributed by atoms with Crippen LogP contribution in [-0.2, 0) is 6.61 Å². The van der Waals surface area contributed by atoms with Crippen LogP contribution in [0.15, 0.2) is 24.4 Å². The van der Waals surface area contributed by atoms with Crippen LogP contribution < -0.4 is 14.2 Å². The van der Waals surface area contributed by atoms with Gasteiger partial charge in [-0.1, -0.05) is 0 Å². The molecule has 0 saturated heterocycles. The van der Waals surface area contributed by atoms with Crippen LogP contribution in [0.3, 0.4) is 0 Å². The summed E-state index contributed by atoms with van der Waals surface area (Å²) in [6.45, 7) is 3.88. The first-order valence-corrected chi connectivity index (χ1v) is 6.92. The third-order valence-electron chi connectivity index (χ3n) is 3.48. The maximum atomic E-state index is 11.1. The Labute approximate surface area is 134 Å². The third-order valence-corrected chi connectivity index (χ3v) is 3.48. The van der Waals surface area contributed by atoms with E-state index in [9.17, 15) is 10.1 Å². The van der Waals surface area contributed by atoms with E-state index >= 15 is 0 Å². The highest BCUT2D eigenvalue weighted by atomic mass is 16.6. The molecule has 2 aromatic rings. The van der Waals surface area contributed by atoms with E-state index in [0.717, 1.165) is 16.9 Å². The zero-order valence-electron chi connectivity index (χ0n) is 13.5. The molecule has 0 bridgehead atoms. The monoisotopic (exact) mass is 318 g/mol. The number of aromatic nitrogens is 1. The minimum Gasteiger partial charge on any atom is -0.496 e. The second kappa shape index (κ2) is 6.95. The van der Waals surface area contributed by atoms with Gasteiger partial charge in [0, 0.05) is 17.3 Å². The van der Waals surface area contributed by atoms with Crippen LogP contribution in [0, 0.1) is 24.0 Å². The van der Waals surface area contributed by atoms with E-state index in [-0.39, 0.29) is 18.0 Å². The Balaban J connectivity index is 2.26. The first-order chi connectivity index (χ1) is 11.0. The van der Waals surface area contributed by atoms with Crippen molar-refractivity contribution in [1.29, 1.82) is 0 Å². The van der Waals surface area contributed by atoms with Gasteiger partial charge in [0.25, 0.3) is 0 Å². The quantitative estimate of drug-likeness (QED) is 0.600. The minimum atomic E-state index is -0.506. The van der Waals surface area contributed by atoms with E-state index in [4.69, 9.17) is 14.2 Å². The molecular formula is C16H18N2O5. The topological polar surface area (TPSA) is 83.7 Å². The second-order valence-corrected chi connectivity index (χ2v) is 4.93. The van der Waals surface area contributed by atoms with Crippen LogP contribution in [-0.4, -0.2) is 24.1 Å². The van der Waals surface area contributed by atoms with Gasteiger partial charge < -0.3 is 14.2 Å². The summed E-state index contributed by atoms with van der Waals surface area (Å²) in [5.41, 5.74) is 2.28. The molecule has 23 heavy (non-hydrogen) atoms. The molecule has 0 aliphatic rings. The van der Waals surface area contributed by atoms with Crippen LogP contribution in [0.2, 0.25) is 0 Å². The fraction of sp³-hybridized carbons (Fsp3) is 0.312. The largest absolute Gasteiger partial charge is 0.496 e. The summed E-state index contributed by atoms with van der Waals surface area (Å²) in [5, 5.41) is 11.1. The van der Waals surface area contributed by atoms with E-state index in [2.05, 4.69) is 4.98 Å². The molecule has 0 N–H and O–H groups in total. The van der Waals surface area contributed by atoms with E-state index in [1.165, 1.54) is 19.2 Å². The standard InChI is InChI=1S/C16H18N2O5/c1-10-8-17-13(11(2)16(10)22-4)9-23-15-6-5-12(21-3)7-14(15)18(19)20/h5-8H,9H2,1-4H3. The van der Waals surface area contributed by atoms with Gasteiger partial charge in [-0.05, 0) is 26.0 Å². The van der Waals surface area contributed by atoms with Gasteiger partial charge in [0.15, 0.2) is 5.75 Å². The minimum absolute atomic E-state index is 0.107. The van der Waals surface area contributed by atoms with Gasteiger partial charge in [-0.2, -0.15) is 0 Å². The van der Waals surface area contributed by atoms with Gasteiger partial charge in [-0.3, -0.25) is 15.1 Å². The van der Waals surface area contributed by atoms with Gasteiger partial charge in [-0.15, -0.1) is 0 Å². The highest BCUT2D eigenvalue weighted by Crippen LogP contribution is 2.32. The molecule has 7 heteroatoms. The highest BCUT2D eigenvalue weighted by molar-refractivity contribution is 5.51. The molecule has 0 saturated carbocycles. The summed E-state index contributed by atoms with van der Waals surface area (Å²) in [6.07, 6.45) is 1.69. The third kappa shape index (κ3) is 3.50. The number of rotatable bonds is 6. The molecule has 0 fully saturated rings. The number of hydrogen-bond acceptors (Lipinski definition) is 6. The van der Waals surface area contributed by atoms with Crippen molar-refractivity contribution in [3.8, 4) is 17.2 Å². The van der Waals surface area contributed by atoms with Crippen molar-refractivity contribution in [2.24, 2.45) is 0 Å². The summed E-state index contributed by atoms with van der Waals surface area (Å²) in [7, 11) is 3.04. The molecule has 0 aliphatic carbocycles. The summed E-state index contributed by atoms with van der Waals surface area (Å²) in [4.78, 5) is 15.0. The Morgan fingerprint density at radius 3 is 2.57 bits per heavy atom. The van der Waals surface area contributed by atoms with Crippen molar-refractivity contribution in [2.45, 2.75) is 20.5 Å².